The Morgan fingerprint density at radius 2 is 1.72 bits per heavy atom. The van der Waals surface area contributed by atoms with E-state index in [2.05, 4.69) is 0 Å². The van der Waals surface area contributed by atoms with Crippen LogP contribution in [0.1, 0.15) is 33.3 Å². The lowest BCUT2D eigenvalue weighted by Gasteiger charge is -2.29. The molecule has 6 nitrogen and oxygen atoms in total. The predicted molar refractivity (Wildman–Crippen MR) is 88.6 cm³/mol. The number of hydrogen-bond donors (Lipinski definition) is 0. The summed E-state index contributed by atoms with van der Waals surface area (Å²) in [4.78, 5) is 0. The summed E-state index contributed by atoms with van der Waals surface area (Å²) >= 11 is 0. The largest absolute Gasteiger partial charge is 0.368 e. The SMILES string of the molecule is CC1(C)OC2OC([C@@H]3COC(C)(C)O3)C(OCc3ccccc3)C2O1. The molecule has 0 spiro atoms. The Kier molecular flexibility index (Phi) is 4.38. The maximum atomic E-state index is 6.22. The Morgan fingerprint density at radius 1 is 0.960 bits per heavy atom. The van der Waals surface area contributed by atoms with Crippen LogP contribution in [0.25, 0.3) is 0 Å². The highest BCUT2D eigenvalue weighted by Crippen LogP contribution is 2.42. The summed E-state index contributed by atoms with van der Waals surface area (Å²) in [6, 6.07) is 10.1. The third-order valence-electron chi connectivity index (χ3n) is 4.71. The van der Waals surface area contributed by atoms with Crippen molar-refractivity contribution in [1.82, 2.24) is 0 Å². The Bertz CT molecular complexity index is 601. The van der Waals surface area contributed by atoms with E-state index in [0.29, 0.717) is 13.2 Å². The zero-order valence-electron chi connectivity index (χ0n) is 15.1. The lowest BCUT2D eigenvalue weighted by atomic mass is 10.1. The van der Waals surface area contributed by atoms with Crippen molar-refractivity contribution in [3.05, 3.63) is 35.9 Å². The van der Waals surface area contributed by atoms with Crippen molar-refractivity contribution >= 4 is 0 Å². The van der Waals surface area contributed by atoms with E-state index in [9.17, 15) is 0 Å². The van der Waals surface area contributed by atoms with Gasteiger partial charge in [0.25, 0.3) is 0 Å². The number of hydrogen-bond acceptors (Lipinski definition) is 6. The molecule has 4 rings (SSSR count). The Morgan fingerprint density at radius 3 is 2.40 bits per heavy atom. The van der Waals surface area contributed by atoms with Crippen molar-refractivity contribution in [1.29, 1.82) is 0 Å². The molecule has 0 bridgehead atoms. The fourth-order valence-corrected chi connectivity index (χ4v) is 3.64. The minimum absolute atomic E-state index is 0.211. The summed E-state index contributed by atoms with van der Waals surface area (Å²) in [6.45, 7) is 8.52. The maximum Gasteiger partial charge on any atom is 0.190 e. The predicted octanol–water partition coefficient (Wildman–Crippen LogP) is 2.60. The smallest absolute Gasteiger partial charge is 0.190 e. The average Bonchev–Trinajstić information content (AvgIpc) is 3.15. The van der Waals surface area contributed by atoms with E-state index < -0.39 is 17.9 Å². The molecule has 0 amide bonds. The first-order valence-electron chi connectivity index (χ1n) is 8.81. The van der Waals surface area contributed by atoms with Crippen LogP contribution in [0, 0.1) is 0 Å². The van der Waals surface area contributed by atoms with Crippen LogP contribution < -0.4 is 0 Å². The number of ether oxygens (including phenoxy) is 6. The van der Waals surface area contributed by atoms with Gasteiger partial charge in [-0.1, -0.05) is 30.3 Å². The molecule has 3 heterocycles. The van der Waals surface area contributed by atoms with Crippen molar-refractivity contribution in [2.24, 2.45) is 0 Å². The molecule has 1 aromatic carbocycles. The normalized spacial score (nSPS) is 38.8. The van der Waals surface area contributed by atoms with E-state index in [-0.39, 0.29) is 24.4 Å². The van der Waals surface area contributed by atoms with Gasteiger partial charge in [-0.2, -0.15) is 0 Å². The second kappa shape index (κ2) is 6.30. The third kappa shape index (κ3) is 3.60. The zero-order chi connectivity index (χ0) is 17.7. The summed E-state index contributed by atoms with van der Waals surface area (Å²) in [5.74, 6) is -1.29. The molecule has 1 aromatic rings. The first-order valence-corrected chi connectivity index (χ1v) is 8.81. The van der Waals surface area contributed by atoms with Gasteiger partial charge in [0.05, 0.1) is 13.2 Å². The molecule has 3 aliphatic heterocycles. The van der Waals surface area contributed by atoms with Gasteiger partial charge in [0.1, 0.15) is 24.4 Å². The summed E-state index contributed by atoms with van der Waals surface area (Å²) in [5, 5.41) is 0. The third-order valence-corrected chi connectivity index (χ3v) is 4.71. The molecule has 5 atom stereocenters. The van der Waals surface area contributed by atoms with Crippen molar-refractivity contribution in [3.63, 3.8) is 0 Å². The fraction of sp³-hybridized carbons (Fsp3) is 0.684. The molecule has 4 unspecified atom stereocenters. The molecule has 25 heavy (non-hydrogen) atoms. The van der Waals surface area contributed by atoms with E-state index in [4.69, 9.17) is 28.4 Å². The van der Waals surface area contributed by atoms with Gasteiger partial charge >= 0.3 is 0 Å². The van der Waals surface area contributed by atoms with E-state index in [1.807, 2.05) is 58.0 Å². The molecule has 0 saturated carbocycles. The minimum Gasteiger partial charge on any atom is -0.368 e. The fourth-order valence-electron chi connectivity index (χ4n) is 3.64. The van der Waals surface area contributed by atoms with Crippen molar-refractivity contribution in [2.75, 3.05) is 6.61 Å². The van der Waals surface area contributed by atoms with Crippen LogP contribution >= 0.6 is 0 Å². The van der Waals surface area contributed by atoms with Crippen LogP contribution in [0.3, 0.4) is 0 Å². The lowest BCUT2D eigenvalue weighted by Crippen LogP contribution is -2.44. The van der Waals surface area contributed by atoms with Crippen LogP contribution in [0.4, 0.5) is 0 Å². The molecular weight excluding hydrogens is 324 g/mol. The minimum atomic E-state index is -0.680. The second-order valence-corrected chi connectivity index (χ2v) is 7.70. The van der Waals surface area contributed by atoms with Gasteiger partial charge in [-0.3, -0.25) is 0 Å². The van der Waals surface area contributed by atoms with Crippen molar-refractivity contribution in [2.45, 2.75) is 76.6 Å². The van der Waals surface area contributed by atoms with Crippen LogP contribution in [-0.4, -0.2) is 48.9 Å². The molecule has 3 aliphatic rings. The van der Waals surface area contributed by atoms with Gasteiger partial charge in [-0.05, 0) is 33.3 Å². The monoisotopic (exact) mass is 350 g/mol. The second-order valence-electron chi connectivity index (χ2n) is 7.70. The van der Waals surface area contributed by atoms with Gasteiger partial charge in [0.15, 0.2) is 17.9 Å². The highest BCUT2D eigenvalue weighted by Gasteiger charge is 2.58. The van der Waals surface area contributed by atoms with E-state index in [1.165, 1.54) is 0 Å². The molecule has 138 valence electrons. The highest BCUT2D eigenvalue weighted by molar-refractivity contribution is 5.13. The molecule has 0 N–H and O–H groups in total. The van der Waals surface area contributed by atoms with Crippen LogP contribution in [0.5, 0.6) is 0 Å². The zero-order valence-corrected chi connectivity index (χ0v) is 15.1. The molecule has 0 aromatic heterocycles. The maximum absolute atomic E-state index is 6.22. The topological polar surface area (TPSA) is 55.4 Å². The Balaban J connectivity index is 1.50. The van der Waals surface area contributed by atoms with Crippen LogP contribution in [0.15, 0.2) is 30.3 Å². The number of benzene rings is 1. The first kappa shape index (κ1) is 17.4. The van der Waals surface area contributed by atoms with Gasteiger partial charge in [0, 0.05) is 0 Å². The molecular formula is C19H26O6. The molecule has 0 aliphatic carbocycles. The van der Waals surface area contributed by atoms with Gasteiger partial charge in [-0.25, -0.2) is 0 Å². The van der Waals surface area contributed by atoms with Crippen LogP contribution in [-0.2, 0) is 35.0 Å². The van der Waals surface area contributed by atoms with Crippen molar-refractivity contribution in [3.8, 4) is 0 Å². The highest BCUT2D eigenvalue weighted by atomic mass is 16.8. The van der Waals surface area contributed by atoms with Crippen LogP contribution in [0.2, 0.25) is 0 Å². The summed E-state index contributed by atoms with van der Waals surface area (Å²) in [7, 11) is 0. The quantitative estimate of drug-likeness (QED) is 0.832. The van der Waals surface area contributed by atoms with Gasteiger partial charge < -0.3 is 28.4 Å². The molecule has 3 fully saturated rings. The van der Waals surface area contributed by atoms with Gasteiger partial charge in [0.2, 0.25) is 0 Å². The van der Waals surface area contributed by atoms with E-state index >= 15 is 0 Å². The Labute approximate surface area is 148 Å². The summed E-state index contributed by atoms with van der Waals surface area (Å²) in [6.07, 6.45) is -1.52. The van der Waals surface area contributed by atoms with Crippen molar-refractivity contribution < 1.29 is 28.4 Å². The molecule has 3 saturated heterocycles. The average molecular weight is 350 g/mol. The van der Waals surface area contributed by atoms with E-state index in [1.54, 1.807) is 0 Å². The molecule has 6 heteroatoms. The van der Waals surface area contributed by atoms with Gasteiger partial charge in [-0.15, -0.1) is 0 Å². The lowest BCUT2D eigenvalue weighted by molar-refractivity contribution is -0.236. The van der Waals surface area contributed by atoms with E-state index in [0.717, 1.165) is 5.56 Å². The summed E-state index contributed by atoms with van der Waals surface area (Å²) < 4.78 is 36.0. The standard InChI is InChI=1S/C19H26O6/c1-18(2)21-11-13(23-18)14-15(20-10-12-8-6-5-7-9-12)16-17(22-14)25-19(3,4)24-16/h5-9,13-17H,10-11H2,1-4H3/t13-,14?,15?,16?,17?/m0/s1. The first-order chi connectivity index (χ1) is 11.8. The number of rotatable bonds is 4. The summed E-state index contributed by atoms with van der Waals surface area (Å²) in [5.41, 5.74) is 1.10. The molecule has 0 radical (unpaired) electrons. The Hall–Kier alpha value is -1.02. The number of fused-ring (bicyclic) bond motifs is 1.